The minimum atomic E-state index is -0.526. The summed E-state index contributed by atoms with van der Waals surface area (Å²) in [5, 5.41) is 12.4. The van der Waals surface area contributed by atoms with E-state index in [9.17, 15) is 14.7 Å². The Bertz CT molecular complexity index is 1400. The number of fused-ring (bicyclic) bond motifs is 2. The molecule has 5 rings (SSSR count). The van der Waals surface area contributed by atoms with Crippen molar-refractivity contribution in [2.75, 3.05) is 4.90 Å². The molecule has 0 saturated carbocycles. The second-order valence-electron chi connectivity index (χ2n) is 7.05. The van der Waals surface area contributed by atoms with Crippen LogP contribution >= 0.6 is 34.8 Å². The lowest BCUT2D eigenvalue weighted by atomic mass is 9.95. The van der Waals surface area contributed by atoms with Gasteiger partial charge >= 0.3 is 0 Å². The van der Waals surface area contributed by atoms with Crippen LogP contribution in [0.2, 0.25) is 15.1 Å². The molecule has 31 heavy (non-hydrogen) atoms. The minimum Gasteiger partial charge on any atom is -0.507 e. The van der Waals surface area contributed by atoms with Gasteiger partial charge in [0.25, 0.3) is 11.8 Å². The fraction of sp³-hybridized carbons (Fsp3) is 0. The predicted molar refractivity (Wildman–Crippen MR) is 124 cm³/mol. The number of benzene rings is 4. The average Bonchev–Trinajstić information content (AvgIpc) is 3.02. The van der Waals surface area contributed by atoms with Gasteiger partial charge in [-0.1, -0.05) is 77.3 Å². The van der Waals surface area contributed by atoms with Crippen LogP contribution in [0.4, 0.5) is 5.69 Å². The number of imide groups is 1. The molecule has 0 atom stereocenters. The largest absolute Gasteiger partial charge is 0.507 e. The number of rotatable bonds is 2. The first-order valence-corrected chi connectivity index (χ1v) is 10.4. The molecular formula is C24H12Cl3NO3. The first kappa shape index (κ1) is 19.9. The number of hydrogen-bond acceptors (Lipinski definition) is 3. The van der Waals surface area contributed by atoms with E-state index in [1.807, 2.05) is 24.3 Å². The van der Waals surface area contributed by atoms with E-state index in [2.05, 4.69) is 0 Å². The maximum Gasteiger partial charge on any atom is 0.266 e. The van der Waals surface area contributed by atoms with Gasteiger partial charge in [-0.15, -0.1) is 0 Å². The predicted octanol–water partition coefficient (Wildman–Crippen LogP) is 6.97. The van der Waals surface area contributed by atoms with E-state index in [4.69, 9.17) is 34.8 Å². The van der Waals surface area contributed by atoms with Crippen molar-refractivity contribution in [1.29, 1.82) is 0 Å². The molecular weight excluding hydrogens is 457 g/mol. The summed E-state index contributed by atoms with van der Waals surface area (Å²) < 4.78 is 0. The number of carbonyl (C=O) groups is 2. The van der Waals surface area contributed by atoms with Gasteiger partial charge in [-0.2, -0.15) is 0 Å². The number of phenols is 1. The van der Waals surface area contributed by atoms with E-state index >= 15 is 0 Å². The van der Waals surface area contributed by atoms with E-state index in [0.29, 0.717) is 16.5 Å². The molecule has 4 aromatic carbocycles. The van der Waals surface area contributed by atoms with Gasteiger partial charge in [0.15, 0.2) is 0 Å². The van der Waals surface area contributed by atoms with Crippen LogP contribution in [-0.4, -0.2) is 16.9 Å². The zero-order valence-corrected chi connectivity index (χ0v) is 18.0. The monoisotopic (exact) mass is 467 g/mol. The molecule has 0 unspecified atom stereocenters. The first-order chi connectivity index (χ1) is 14.9. The van der Waals surface area contributed by atoms with Crippen molar-refractivity contribution in [1.82, 2.24) is 0 Å². The molecule has 1 N–H and O–H groups in total. The Hall–Kier alpha value is -3.05. The molecule has 0 radical (unpaired) electrons. The fourth-order valence-electron chi connectivity index (χ4n) is 3.93. The Balaban J connectivity index is 1.87. The van der Waals surface area contributed by atoms with Gasteiger partial charge in [-0.25, -0.2) is 4.90 Å². The van der Waals surface area contributed by atoms with E-state index in [0.717, 1.165) is 10.3 Å². The van der Waals surface area contributed by atoms with Crippen LogP contribution in [0, 0.1) is 0 Å². The van der Waals surface area contributed by atoms with Crippen LogP contribution in [0.1, 0.15) is 20.7 Å². The van der Waals surface area contributed by atoms with Crippen molar-refractivity contribution in [3.05, 3.63) is 92.9 Å². The Morgan fingerprint density at radius 3 is 2.00 bits per heavy atom. The van der Waals surface area contributed by atoms with E-state index in [1.54, 1.807) is 36.4 Å². The van der Waals surface area contributed by atoms with Gasteiger partial charge in [0, 0.05) is 11.1 Å². The maximum atomic E-state index is 13.2. The van der Waals surface area contributed by atoms with Gasteiger partial charge in [0.2, 0.25) is 0 Å². The maximum absolute atomic E-state index is 13.2. The highest BCUT2D eigenvalue weighted by molar-refractivity contribution is 6.51. The van der Waals surface area contributed by atoms with Crippen molar-refractivity contribution >= 4 is 63.1 Å². The van der Waals surface area contributed by atoms with Crippen LogP contribution in [0.15, 0.2) is 66.7 Å². The summed E-state index contributed by atoms with van der Waals surface area (Å²) in [5.41, 5.74) is 1.33. The first-order valence-electron chi connectivity index (χ1n) is 9.26. The molecule has 4 nitrogen and oxygen atoms in total. The van der Waals surface area contributed by atoms with Gasteiger partial charge in [0.1, 0.15) is 5.75 Å². The molecule has 152 valence electrons. The SMILES string of the molecule is O=C1c2ccccc2C(=O)N1c1c(-c2c(O)ccc3ccccc23)cc(Cl)c(Cl)c1Cl. The lowest BCUT2D eigenvalue weighted by molar-refractivity contribution is 0.0926. The zero-order valence-electron chi connectivity index (χ0n) is 15.7. The highest BCUT2D eigenvalue weighted by atomic mass is 35.5. The van der Waals surface area contributed by atoms with E-state index in [1.165, 1.54) is 6.07 Å². The quantitative estimate of drug-likeness (QED) is 0.255. The Morgan fingerprint density at radius 1 is 0.710 bits per heavy atom. The second kappa shape index (κ2) is 7.27. The van der Waals surface area contributed by atoms with Crippen molar-refractivity contribution in [2.24, 2.45) is 0 Å². The Labute approximate surface area is 192 Å². The summed E-state index contributed by atoms with van der Waals surface area (Å²) in [5.74, 6) is -1.10. The molecule has 7 heteroatoms. The third kappa shape index (κ3) is 2.91. The fourth-order valence-corrected chi connectivity index (χ4v) is 4.61. The number of aromatic hydroxyl groups is 1. The number of nitrogens with zero attached hydrogens (tertiary/aromatic N) is 1. The number of amides is 2. The highest BCUT2D eigenvalue weighted by Crippen LogP contribution is 2.50. The number of phenolic OH excluding ortho intramolecular Hbond substituents is 1. The molecule has 0 aromatic heterocycles. The molecule has 1 heterocycles. The summed E-state index contributed by atoms with van der Waals surface area (Å²) in [6, 6.07) is 18.8. The van der Waals surface area contributed by atoms with Crippen LogP contribution in [-0.2, 0) is 0 Å². The van der Waals surface area contributed by atoms with Gasteiger partial charge < -0.3 is 5.11 Å². The van der Waals surface area contributed by atoms with Gasteiger partial charge in [-0.05, 0) is 35.0 Å². The van der Waals surface area contributed by atoms with Crippen molar-refractivity contribution in [2.45, 2.75) is 0 Å². The highest BCUT2D eigenvalue weighted by Gasteiger charge is 2.39. The summed E-state index contributed by atoms with van der Waals surface area (Å²) in [6.07, 6.45) is 0. The third-order valence-corrected chi connectivity index (χ3v) is 6.58. The Kier molecular flexibility index (Phi) is 4.67. The van der Waals surface area contributed by atoms with Crippen molar-refractivity contribution in [3.63, 3.8) is 0 Å². The van der Waals surface area contributed by atoms with E-state index in [-0.39, 0.29) is 37.6 Å². The normalized spacial score (nSPS) is 13.2. The molecule has 2 amide bonds. The summed E-state index contributed by atoms with van der Waals surface area (Å²) in [6.45, 7) is 0. The lowest BCUT2D eigenvalue weighted by Crippen LogP contribution is -2.30. The van der Waals surface area contributed by atoms with Crippen LogP contribution in [0.25, 0.3) is 21.9 Å². The Morgan fingerprint density at radius 2 is 1.32 bits per heavy atom. The molecule has 0 aliphatic carbocycles. The van der Waals surface area contributed by atoms with E-state index < -0.39 is 11.8 Å². The number of hydrogen-bond donors (Lipinski definition) is 1. The van der Waals surface area contributed by atoms with Crippen molar-refractivity contribution < 1.29 is 14.7 Å². The molecule has 0 bridgehead atoms. The smallest absolute Gasteiger partial charge is 0.266 e. The molecule has 0 spiro atoms. The van der Waals surface area contributed by atoms with Crippen LogP contribution in [0.5, 0.6) is 5.75 Å². The summed E-state index contributed by atoms with van der Waals surface area (Å²) in [4.78, 5) is 27.4. The topological polar surface area (TPSA) is 57.6 Å². The van der Waals surface area contributed by atoms with Crippen LogP contribution in [0.3, 0.4) is 0 Å². The van der Waals surface area contributed by atoms with Gasteiger partial charge in [0.05, 0.1) is 31.9 Å². The number of carbonyl (C=O) groups excluding carboxylic acids is 2. The molecule has 4 aromatic rings. The van der Waals surface area contributed by atoms with Gasteiger partial charge in [-0.3, -0.25) is 9.59 Å². The summed E-state index contributed by atoms with van der Waals surface area (Å²) >= 11 is 19.2. The number of halogens is 3. The van der Waals surface area contributed by atoms with Crippen molar-refractivity contribution in [3.8, 4) is 16.9 Å². The second-order valence-corrected chi connectivity index (χ2v) is 8.22. The average molecular weight is 469 g/mol. The molecule has 0 saturated heterocycles. The molecule has 0 fully saturated rings. The number of anilines is 1. The lowest BCUT2D eigenvalue weighted by Gasteiger charge is -2.22. The zero-order chi connectivity index (χ0) is 21.9. The summed E-state index contributed by atoms with van der Waals surface area (Å²) in [7, 11) is 0. The minimum absolute atomic E-state index is 0.0124. The molecule has 1 aliphatic rings. The molecule has 1 aliphatic heterocycles. The van der Waals surface area contributed by atoms with Crippen LogP contribution < -0.4 is 4.90 Å². The standard InChI is InChI=1S/C24H12Cl3NO3/c25-17-11-16(19-13-6-2-1-5-12(13)9-10-18(19)29)22(21(27)20(17)26)28-23(30)14-7-3-4-8-15(14)24(28)31/h1-11,29H. The third-order valence-electron chi connectivity index (χ3n) is 5.33.